The summed E-state index contributed by atoms with van der Waals surface area (Å²) in [5.74, 6) is 0.983. The third-order valence-electron chi connectivity index (χ3n) is 2.38. The molecule has 2 heterocycles. The number of benzene rings is 1. The Morgan fingerprint density at radius 2 is 2.12 bits per heavy atom. The highest BCUT2D eigenvalue weighted by Crippen LogP contribution is 2.26. The maximum Gasteiger partial charge on any atom is 0.185 e. The first kappa shape index (κ1) is 9.30. The summed E-state index contributed by atoms with van der Waals surface area (Å²) in [6, 6.07) is 9.25. The minimum atomic E-state index is 0.367. The minimum absolute atomic E-state index is 0.367. The third kappa shape index (κ3) is 1.44. The van der Waals surface area contributed by atoms with Crippen LogP contribution >= 0.6 is 11.6 Å². The van der Waals surface area contributed by atoms with Gasteiger partial charge in [-0.25, -0.2) is 0 Å². The Kier molecular flexibility index (Phi) is 1.91. The van der Waals surface area contributed by atoms with Gasteiger partial charge in [0, 0.05) is 22.0 Å². The molecule has 0 amide bonds. The number of nitrogen functional groups attached to an aromatic ring is 1. The topological polar surface area (TPSA) is 67.8 Å². The van der Waals surface area contributed by atoms with Crippen molar-refractivity contribution < 1.29 is 4.52 Å². The Balaban J connectivity index is 2.18. The number of nitrogens with one attached hydrogen (secondary N) is 1. The first-order chi connectivity index (χ1) is 7.72. The van der Waals surface area contributed by atoms with Crippen LogP contribution in [0.5, 0.6) is 0 Å². The van der Waals surface area contributed by atoms with Gasteiger partial charge >= 0.3 is 0 Å². The van der Waals surface area contributed by atoms with E-state index in [1.807, 2.05) is 24.3 Å². The second-order valence-corrected chi connectivity index (χ2v) is 3.97. The maximum atomic E-state index is 5.91. The second kappa shape index (κ2) is 3.28. The van der Waals surface area contributed by atoms with Crippen molar-refractivity contribution in [3.63, 3.8) is 0 Å². The summed E-state index contributed by atoms with van der Waals surface area (Å²) < 4.78 is 5.07. The number of nitrogens with zero attached hydrogens (tertiary/aromatic N) is 1. The number of aromatic nitrogens is 2. The van der Waals surface area contributed by atoms with Crippen molar-refractivity contribution in [1.29, 1.82) is 0 Å². The molecule has 1 aromatic carbocycles. The van der Waals surface area contributed by atoms with E-state index in [1.54, 1.807) is 6.07 Å². The van der Waals surface area contributed by atoms with Gasteiger partial charge in [-0.05, 0) is 24.3 Å². The van der Waals surface area contributed by atoms with Crippen LogP contribution in [0.2, 0.25) is 5.02 Å². The van der Waals surface area contributed by atoms with Crippen LogP contribution in [0, 0.1) is 0 Å². The highest BCUT2D eigenvalue weighted by Gasteiger charge is 2.08. The number of rotatable bonds is 1. The number of anilines is 1. The van der Waals surface area contributed by atoms with E-state index in [0.29, 0.717) is 16.6 Å². The van der Waals surface area contributed by atoms with Crippen LogP contribution in [0.1, 0.15) is 0 Å². The fourth-order valence-electron chi connectivity index (χ4n) is 1.65. The standard InChI is InChI=1S/C11H8ClN3O/c12-7-1-2-8-6(3-7)4-9(14-8)10-5-11(13)15-16-10/h1-5,14H,(H2,13,15). The van der Waals surface area contributed by atoms with E-state index < -0.39 is 0 Å². The summed E-state index contributed by atoms with van der Waals surface area (Å²) in [5.41, 5.74) is 7.32. The molecule has 0 atom stereocenters. The summed E-state index contributed by atoms with van der Waals surface area (Å²) >= 11 is 5.91. The largest absolute Gasteiger partial charge is 0.381 e. The lowest BCUT2D eigenvalue weighted by atomic mass is 10.2. The van der Waals surface area contributed by atoms with Gasteiger partial charge in [-0.2, -0.15) is 0 Å². The van der Waals surface area contributed by atoms with Crippen LogP contribution in [0.3, 0.4) is 0 Å². The molecule has 16 heavy (non-hydrogen) atoms. The molecule has 0 spiro atoms. The van der Waals surface area contributed by atoms with Crippen LogP contribution in [0.25, 0.3) is 22.4 Å². The molecule has 80 valence electrons. The maximum absolute atomic E-state index is 5.91. The fraction of sp³-hybridized carbons (Fsp3) is 0. The van der Waals surface area contributed by atoms with Gasteiger partial charge in [0.25, 0.3) is 0 Å². The zero-order valence-electron chi connectivity index (χ0n) is 8.20. The predicted molar refractivity (Wildman–Crippen MR) is 63.2 cm³/mol. The SMILES string of the molecule is Nc1cc(-c2cc3cc(Cl)ccc3[nH]2)on1. The van der Waals surface area contributed by atoms with Crippen LogP contribution < -0.4 is 5.73 Å². The van der Waals surface area contributed by atoms with Crippen molar-refractivity contribution in [2.45, 2.75) is 0 Å². The summed E-state index contributed by atoms with van der Waals surface area (Å²) in [7, 11) is 0. The first-order valence-corrected chi connectivity index (χ1v) is 5.11. The van der Waals surface area contributed by atoms with Crippen molar-refractivity contribution in [3.8, 4) is 11.5 Å². The second-order valence-electron chi connectivity index (χ2n) is 3.53. The van der Waals surface area contributed by atoms with Gasteiger partial charge in [0.15, 0.2) is 11.6 Å². The number of nitrogens with two attached hydrogens (primary N) is 1. The monoisotopic (exact) mass is 233 g/mol. The predicted octanol–water partition coefficient (Wildman–Crippen LogP) is 3.06. The Labute approximate surface area is 96.0 Å². The smallest absolute Gasteiger partial charge is 0.185 e. The third-order valence-corrected chi connectivity index (χ3v) is 2.61. The van der Waals surface area contributed by atoms with Crippen molar-refractivity contribution in [2.75, 3.05) is 5.73 Å². The van der Waals surface area contributed by atoms with Gasteiger partial charge < -0.3 is 15.2 Å². The quantitative estimate of drug-likeness (QED) is 0.679. The number of fused-ring (bicyclic) bond motifs is 1. The molecule has 0 saturated carbocycles. The lowest BCUT2D eigenvalue weighted by Crippen LogP contribution is -1.79. The molecular formula is C11H8ClN3O. The van der Waals surface area contributed by atoms with Gasteiger partial charge in [0.2, 0.25) is 0 Å². The van der Waals surface area contributed by atoms with Crippen molar-refractivity contribution >= 4 is 28.3 Å². The van der Waals surface area contributed by atoms with Gasteiger partial charge in [-0.3, -0.25) is 0 Å². The molecule has 0 saturated heterocycles. The van der Waals surface area contributed by atoms with E-state index >= 15 is 0 Å². The molecule has 0 bridgehead atoms. The Hall–Kier alpha value is -1.94. The molecular weight excluding hydrogens is 226 g/mol. The number of halogens is 1. The van der Waals surface area contributed by atoms with Crippen molar-refractivity contribution in [1.82, 2.24) is 10.1 Å². The number of aromatic amines is 1. The molecule has 3 aromatic rings. The summed E-state index contributed by atoms with van der Waals surface area (Å²) in [6.45, 7) is 0. The number of H-pyrrole nitrogens is 1. The number of hydrogen-bond acceptors (Lipinski definition) is 3. The van der Waals surface area contributed by atoms with Crippen molar-refractivity contribution in [3.05, 3.63) is 35.4 Å². The molecule has 3 rings (SSSR count). The van der Waals surface area contributed by atoms with Crippen LogP contribution in [0.4, 0.5) is 5.82 Å². The molecule has 0 aliphatic carbocycles. The molecule has 0 fully saturated rings. The Morgan fingerprint density at radius 1 is 1.25 bits per heavy atom. The lowest BCUT2D eigenvalue weighted by molar-refractivity contribution is 0.435. The van der Waals surface area contributed by atoms with E-state index in [2.05, 4.69) is 10.1 Å². The number of hydrogen-bond donors (Lipinski definition) is 2. The zero-order chi connectivity index (χ0) is 11.1. The van der Waals surface area contributed by atoms with E-state index in [-0.39, 0.29) is 0 Å². The van der Waals surface area contributed by atoms with E-state index in [0.717, 1.165) is 16.6 Å². The Morgan fingerprint density at radius 3 is 2.88 bits per heavy atom. The molecule has 3 N–H and O–H groups in total. The average molecular weight is 234 g/mol. The highest BCUT2D eigenvalue weighted by atomic mass is 35.5. The van der Waals surface area contributed by atoms with E-state index in [1.165, 1.54) is 0 Å². The van der Waals surface area contributed by atoms with Crippen LogP contribution in [0.15, 0.2) is 34.9 Å². The van der Waals surface area contributed by atoms with Gasteiger partial charge in [0.1, 0.15) is 0 Å². The highest BCUT2D eigenvalue weighted by molar-refractivity contribution is 6.31. The van der Waals surface area contributed by atoms with E-state index in [9.17, 15) is 0 Å². The summed E-state index contributed by atoms with van der Waals surface area (Å²) in [5, 5.41) is 5.37. The van der Waals surface area contributed by atoms with E-state index in [4.69, 9.17) is 21.9 Å². The first-order valence-electron chi connectivity index (χ1n) is 4.73. The Bertz CT molecular complexity index is 656. The zero-order valence-corrected chi connectivity index (χ0v) is 8.95. The van der Waals surface area contributed by atoms with Gasteiger partial charge in [-0.1, -0.05) is 16.8 Å². The van der Waals surface area contributed by atoms with Gasteiger partial charge in [0.05, 0.1) is 5.69 Å². The molecule has 2 aromatic heterocycles. The lowest BCUT2D eigenvalue weighted by Gasteiger charge is -1.89. The summed E-state index contributed by atoms with van der Waals surface area (Å²) in [6.07, 6.45) is 0. The van der Waals surface area contributed by atoms with Gasteiger partial charge in [-0.15, -0.1) is 0 Å². The normalized spacial score (nSPS) is 11.1. The average Bonchev–Trinajstić information content (AvgIpc) is 2.83. The molecule has 4 nitrogen and oxygen atoms in total. The molecule has 0 aliphatic heterocycles. The van der Waals surface area contributed by atoms with Crippen LogP contribution in [-0.2, 0) is 0 Å². The molecule has 0 unspecified atom stereocenters. The molecule has 0 radical (unpaired) electrons. The molecule has 5 heteroatoms. The fourth-order valence-corrected chi connectivity index (χ4v) is 1.83. The summed E-state index contributed by atoms with van der Waals surface area (Å²) in [4.78, 5) is 3.20. The van der Waals surface area contributed by atoms with Crippen molar-refractivity contribution in [2.24, 2.45) is 0 Å². The van der Waals surface area contributed by atoms with Crippen LogP contribution in [-0.4, -0.2) is 10.1 Å². The molecule has 0 aliphatic rings. The minimum Gasteiger partial charge on any atom is -0.381 e.